The molecule has 0 amide bonds. The second-order valence-electron chi connectivity index (χ2n) is 18.8. The van der Waals surface area contributed by atoms with Crippen LogP contribution in [0, 0.1) is 60.0 Å². The van der Waals surface area contributed by atoms with Crippen LogP contribution in [0.2, 0.25) is 19.6 Å². The molecule has 58 heavy (non-hydrogen) atoms. The molecule has 1 radical (unpaired) electrons. The maximum Gasteiger partial charge on any atom is 0.133 e. The molecule has 305 valence electrons. The third-order valence-corrected chi connectivity index (χ3v) is 12.9. The number of pyridine rings is 2. The van der Waals surface area contributed by atoms with Crippen LogP contribution in [0.1, 0.15) is 73.6 Å². The molecule has 3 nitrogen and oxygen atoms in total. The number of para-hydroxylation sites is 1. The summed E-state index contributed by atoms with van der Waals surface area (Å²) in [6, 6.07) is 30.3. The number of rotatable bonds is 7. The van der Waals surface area contributed by atoms with Crippen LogP contribution in [0.25, 0.3) is 55.6 Å². The van der Waals surface area contributed by atoms with E-state index in [-0.39, 0.29) is 25.5 Å². The molecule has 3 heterocycles. The molecule has 0 saturated carbocycles. The van der Waals surface area contributed by atoms with E-state index in [1.165, 1.54) is 44.1 Å². The van der Waals surface area contributed by atoms with Gasteiger partial charge in [-0.25, -0.2) is 0 Å². The van der Waals surface area contributed by atoms with E-state index in [9.17, 15) is 0 Å². The van der Waals surface area contributed by atoms with Crippen molar-refractivity contribution in [1.82, 2.24) is 0 Å². The molecule has 0 spiro atoms. The fourth-order valence-electron chi connectivity index (χ4n) is 7.96. The van der Waals surface area contributed by atoms with Crippen molar-refractivity contribution in [2.24, 2.45) is 11.3 Å². The molecule has 3 aromatic heterocycles. The summed E-state index contributed by atoms with van der Waals surface area (Å²) in [4.78, 5) is 0. The van der Waals surface area contributed by atoms with Crippen LogP contribution in [0.5, 0.6) is 0 Å². The maximum atomic E-state index is 6.50. The first-order chi connectivity index (χ1) is 26.7. The molecule has 7 aromatic rings. The minimum absolute atomic E-state index is 0. The fraction of sp³-hybridized carbons (Fsp3) is 0.283. The van der Waals surface area contributed by atoms with Gasteiger partial charge in [-0.3, -0.25) is 0 Å². The Hall–Kier alpha value is -4.67. The topological polar surface area (TPSA) is 20.9 Å². The largest absolute Gasteiger partial charge is 0.469 e. The summed E-state index contributed by atoms with van der Waals surface area (Å²) >= 11 is 0. The Morgan fingerprint density at radius 3 is 2.03 bits per heavy atom. The Morgan fingerprint density at radius 2 is 1.40 bits per heavy atom. The van der Waals surface area contributed by atoms with Gasteiger partial charge in [0.05, 0.1) is 37.4 Å². The van der Waals surface area contributed by atoms with Crippen molar-refractivity contribution in [2.75, 3.05) is 0 Å². The van der Waals surface area contributed by atoms with Crippen molar-refractivity contribution >= 4 is 35.2 Å². The van der Waals surface area contributed by atoms with Crippen molar-refractivity contribution in [3.63, 3.8) is 0 Å². The van der Waals surface area contributed by atoms with Gasteiger partial charge in [0.2, 0.25) is 0 Å². The van der Waals surface area contributed by atoms with E-state index in [0.29, 0.717) is 5.92 Å². The standard InChI is InChI=1S/C30H28NO.C23H34NSi.Ir/c1-19(2)16-22-14-15-31(5)26(18-22)28-21(4)17-25(23-12-10-20(3)11-13-23)29-24-8-6-7-9-27(24)32-30(28)29;1-16-11-18(3)20(12-17(16)2)21-13-19(14-23(4,5)6)22(15-24(21)7)25(8,9)10;/h6-15,17-19H,4-5,16H2,1-3H3;11-13,15H,3,7,14H2,1-2,4-6,8-10H3;/q2*-1;. The molecule has 7 rings (SSSR count). The monoisotopic (exact) mass is 963 g/mol. The van der Waals surface area contributed by atoms with Crippen LogP contribution in [0.4, 0.5) is 0 Å². The number of hydrogen-bond donors (Lipinski definition) is 0. The Balaban J connectivity index is 0.000000224. The van der Waals surface area contributed by atoms with E-state index in [1.807, 2.05) is 22.9 Å². The van der Waals surface area contributed by atoms with Crippen molar-refractivity contribution in [3.8, 4) is 33.6 Å². The van der Waals surface area contributed by atoms with E-state index in [2.05, 4.69) is 187 Å². The van der Waals surface area contributed by atoms with Crippen molar-refractivity contribution in [3.05, 3.63) is 164 Å². The molecule has 0 N–H and O–H groups in total. The van der Waals surface area contributed by atoms with Gasteiger partial charge in [0.25, 0.3) is 0 Å². The number of hydrogen-bond acceptors (Lipinski definition) is 1. The van der Waals surface area contributed by atoms with E-state index in [4.69, 9.17) is 4.42 Å². The second kappa shape index (κ2) is 17.3. The van der Waals surface area contributed by atoms with Gasteiger partial charge in [-0.2, -0.15) is 37.1 Å². The fourth-order valence-corrected chi connectivity index (χ4v) is 9.62. The molecule has 0 aliphatic rings. The van der Waals surface area contributed by atoms with E-state index >= 15 is 0 Å². The van der Waals surface area contributed by atoms with Crippen LogP contribution < -0.4 is 14.3 Å². The zero-order valence-corrected chi connectivity index (χ0v) is 40.1. The van der Waals surface area contributed by atoms with Crippen molar-refractivity contribution < 1.29 is 33.7 Å². The predicted octanol–water partition coefficient (Wildman–Crippen LogP) is 12.7. The third kappa shape index (κ3) is 9.61. The maximum absolute atomic E-state index is 6.50. The van der Waals surface area contributed by atoms with Gasteiger partial charge < -0.3 is 13.6 Å². The number of aromatic nitrogens is 2. The number of aryl methyl sites for hydroxylation is 3. The number of benzene rings is 4. The normalized spacial score (nSPS) is 11.8. The molecule has 0 saturated heterocycles. The van der Waals surface area contributed by atoms with Crippen LogP contribution in [0.3, 0.4) is 0 Å². The Kier molecular flexibility index (Phi) is 13.2. The van der Waals surface area contributed by atoms with Gasteiger partial charge in [0.1, 0.15) is 5.58 Å². The Bertz CT molecular complexity index is 2580. The summed E-state index contributed by atoms with van der Waals surface area (Å²) in [6.07, 6.45) is 6.41. The van der Waals surface area contributed by atoms with Crippen LogP contribution in [0.15, 0.2) is 102 Å². The summed E-state index contributed by atoms with van der Waals surface area (Å²) < 4.78 is 10.5. The minimum Gasteiger partial charge on any atom is -0.469 e. The second-order valence-corrected chi connectivity index (χ2v) is 23.8. The molecular formula is C53H62IrN2OSi-2. The number of fused-ring (bicyclic) bond motifs is 3. The average molecular weight is 963 g/mol. The first-order valence-electron chi connectivity index (χ1n) is 20.3. The predicted molar refractivity (Wildman–Crippen MR) is 246 cm³/mol. The van der Waals surface area contributed by atoms with Gasteiger partial charge in [-0.1, -0.05) is 155 Å². The molecule has 4 aromatic carbocycles. The quantitative estimate of drug-likeness (QED) is 0.0886. The summed E-state index contributed by atoms with van der Waals surface area (Å²) in [5, 5.41) is 3.75. The number of furan rings is 1. The molecule has 5 heteroatoms. The molecule has 0 unspecified atom stereocenters. The van der Waals surface area contributed by atoms with E-state index < -0.39 is 8.07 Å². The van der Waals surface area contributed by atoms with Crippen molar-refractivity contribution in [1.29, 1.82) is 0 Å². The van der Waals surface area contributed by atoms with Crippen molar-refractivity contribution in [2.45, 2.75) is 87.9 Å². The summed E-state index contributed by atoms with van der Waals surface area (Å²) in [5.74, 6) is 0.581. The summed E-state index contributed by atoms with van der Waals surface area (Å²) in [5.41, 5.74) is 17.3. The smallest absolute Gasteiger partial charge is 0.133 e. The van der Waals surface area contributed by atoms with Crippen LogP contribution in [-0.2, 0) is 32.9 Å². The zero-order chi connectivity index (χ0) is 41.6. The van der Waals surface area contributed by atoms with Gasteiger partial charge >= 0.3 is 0 Å². The van der Waals surface area contributed by atoms with Gasteiger partial charge in [0, 0.05) is 45.0 Å². The van der Waals surface area contributed by atoms with Gasteiger partial charge in [-0.15, -0.1) is 17.2 Å². The molecule has 0 atom stereocenters. The third-order valence-electron chi connectivity index (χ3n) is 10.9. The summed E-state index contributed by atoms with van der Waals surface area (Å²) in [7, 11) is 7.13. The van der Waals surface area contributed by atoms with Gasteiger partial charge in [-0.05, 0) is 54.8 Å². The molecular weight excluding hydrogens is 901 g/mol. The minimum atomic E-state index is -1.44. The average Bonchev–Trinajstić information content (AvgIpc) is 3.50. The van der Waals surface area contributed by atoms with Crippen LogP contribution >= 0.6 is 0 Å². The van der Waals surface area contributed by atoms with E-state index in [1.54, 1.807) is 0 Å². The summed E-state index contributed by atoms with van der Waals surface area (Å²) in [6.45, 7) is 33.8. The first kappa shape index (κ1) is 44.4. The molecule has 0 bridgehead atoms. The first-order valence-corrected chi connectivity index (χ1v) is 23.8. The number of nitrogens with zero attached hydrogens (tertiary/aromatic N) is 2. The SMILES string of the molecule is [CH2-]c1cc(-c2ccc(C)cc2)c2c(oc3ccccc32)c1-c1cc(CC(C)C)cc[n+]1[CH2-].[CH2-]c1cc(C)c(C)cc1-c1cc(CC(C)(C)C)c([Si](C)(C)C)c[n+]1[CH2-].[Ir]. The van der Waals surface area contributed by atoms with Crippen LogP contribution in [-0.4, -0.2) is 8.07 Å². The van der Waals surface area contributed by atoms with Gasteiger partial charge in [0.15, 0.2) is 0 Å². The Labute approximate surface area is 363 Å². The molecule has 0 fully saturated rings. The molecule has 0 aliphatic heterocycles. The molecule has 0 aliphatic carbocycles. The van der Waals surface area contributed by atoms with E-state index in [0.717, 1.165) is 68.4 Å². The zero-order valence-electron chi connectivity index (χ0n) is 36.7. The Morgan fingerprint density at radius 1 is 0.741 bits per heavy atom.